The molecule has 0 radical (unpaired) electrons. The van der Waals surface area contributed by atoms with E-state index in [9.17, 15) is 9.59 Å². The average molecular weight is 687 g/mol. The number of carbonyl (C=O) groups excluding carboxylic acids is 2. The maximum absolute atomic E-state index is 13.7. The highest BCUT2D eigenvalue weighted by atomic mass is 16.6. The van der Waals surface area contributed by atoms with Crippen LogP contribution >= 0.6 is 0 Å². The van der Waals surface area contributed by atoms with Crippen molar-refractivity contribution in [2.75, 3.05) is 19.8 Å². The lowest BCUT2D eigenvalue weighted by Gasteiger charge is -2.36. The van der Waals surface area contributed by atoms with E-state index in [0.717, 1.165) is 28.9 Å². The molecule has 2 aromatic carbocycles. The van der Waals surface area contributed by atoms with E-state index in [1.54, 1.807) is 17.1 Å². The zero-order valence-corrected chi connectivity index (χ0v) is 31.8. The number of hydrogen-bond donors (Lipinski definition) is 1. The van der Waals surface area contributed by atoms with E-state index in [-0.39, 0.29) is 23.3 Å². The van der Waals surface area contributed by atoms with Gasteiger partial charge in [-0.1, -0.05) is 103 Å². The van der Waals surface area contributed by atoms with Crippen molar-refractivity contribution in [3.8, 4) is 0 Å². The minimum absolute atomic E-state index is 0.0301. The summed E-state index contributed by atoms with van der Waals surface area (Å²) in [4.78, 5) is 26.7. The quantitative estimate of drug-likeness (QED) is 0.163. The highest BCUT2D eigenvalue weighted by Gasteiger charge is 2.40. The number of nitrogens with one attached hydrogen (secondary N) is 1. The number of hydrazine groups is 1. The highest BCUT2D eigenvalue weighted by Crippen LogP contribution is 2.37. The van der Waals surface area contributed by atoms with Crippen LogP contribution in [0.25, 0.3) is 5.70 Å². The fourth-order valence-electron chi connectivity index (χ4n) is 6.19. The first-order chi connectivity index (χ1) is 23.6. The first kappa shape index (κ1) is 38.8. The van der Waals surface area contributed by atoms with Gasteiger partial charge in [0.2, 0.25) is 0 Å². The van der Waals surface area contributed by atoms with Gasteiger partial charge < -0.3 is 14.8 Å². The predicted octanol–water partition coefficient (Wildman–Crippen LogP) is 7.72. The van der Waals surface area contributed by atoms with Gasteiger partial charge in [-0.2, -0.15) is 5.01 Å². The Bertz CT molecular complexity index is 1580. The molecule has 1 aliphatic rings. The number of carbonyl (C=O) groups is 2. The van der Waals surface area contributed by atoms with Crippen LogP contribution in [0, 0.1) is 17.8 Å². The molecule has 0 spiro atoms. The van der Waals surface area contributed by atoms with E-state index in [4.69, 9.17) is 9.47 Å². The summed E-state index contributed by atoms with van der Waals surface area (Å²) < 4.78 is 13.5. The Balaban J connectivity index is 1.34. The van der Waals surface area contributed by atoms with E-state index in [0.29, 0.717) is 50.2 Å². The van der Waals surface area contributed by atoms with Gasteiger partial charge in [0, 0.05) is 30.3 Å². The summed E-state index contributed by atoms with van der Waals surface area (Å²) in [6, 6.07) is 17.4. The maximum Gasteiger partial charge on any atom is 0.429 e. The minimum atomic E-state index is -0.662. The van der Waals surface area contributed by atoms with Crippen molar-refractivity contribution in [1.82, 2.24) is 30.3 Å². The smallest absolute Gasteiger partial charge is 0.429 e. The van der Waals surface area contributed by atoms with Gasteiger partial charge in [0.05, 0.1) is 37.2 Å². The SMILES string of the molecule is CCC(C)C(C)C(C)(C)c1cn(CCOCCNC(=O)c2ccc(C3=CC(C(C)C)N(Cc4ccccc4)N3C(=O)OC(C)(C)C)cc2)nn1. The molecule has 3 atom stereocenters. The molecule has 3 aromatic rings. The molecule has 10 heteroatoms. The monoisotopic (exact) mass is 686 g/mol. The molecule has 2 amide bonds. The van der Waals surface area contributed by atoms with Crippen LogP contribution in [-0.4, -0.2) is 68.4 Å². The molecule has 2 heterocycles. The molecule has 1 aliphatic heterocycles. The molecule has 0 fully saturated rings. The lowest BCUT2D eigenvalue weighted by atomic mass is 9.71. The molecule has 3 unspecified atom stereocenters. The molecule has 4 rings (SSSR count). The fourth-order valence-corrected chi connectivity index (χ4v) is 6.19. The largest absolute Gasteiger partial charge is 0.442 e. The van der Waals surface area contributed by atoms with Crippen molar-refractivity contribution < 1.29 is 19.1 Å². The summed E-state index contributed by atoms with van der Waals surface area (Å²) in [6.45, 7) is 23.5. The van der Waals surface area contributed by atoms with Gasteiger partial charge in [-0.05, 0) is 67.9 Å². The highest BCUT2D eigenvalue weighted by molar-refractivity contribution is 5.94. The number of rotatable bonds is 15. The Kier molecular flexibility index (Phi) is 13.0. The Morgan fingerprint density at radius 1 is 0.940 bits per heavy atom. The number of aromatic nitrogens is 3. The molecule has 50 heavy (non-hydrogen) atoms. The van der Waals surface area contributed by atoms with E-state index in [2.05, 4.69) is 87.3 Å². The second-order valence-electron chi connectivity index (χ2n) is 15.4. The summed E-state index contributed by atoms with van der Waals surface area (Å²) in [7, 11) is 0. The molecule has 0 saturated carbocycles. The topological polar surface area (TPSA) is 102 Å². The van der Waals surface area contributed by atoms with Crippen LogP contribution in [0.4, 0.5) is 4.79 Å². The summed E-state index contributed by atoms with van der Waals surface area (Å²) in [5.74, 6) is 1.12. The lowest BCUT2D eigenvalue weighted by molar-refractivity contribution is -0.0336. The summed E-state index contributed by atoms with van der Waals surface area (Å²) in [5.41, 5.74) is 3.45. The van der Waals surface area contributed by atoms with Crippen LogP contribution in [0.3, 0.4) is 0 Å². The summed E-state index contributed by atoms with van der Waals surface area (Å²) in [6.07, 6.45) is 4.84. The molecule has 0 saturated heterocycles. The second kappa shape index (κ2) is 16.8. The molecule has 272 valence electrons. The van der Waals surface area contributed by atoms with E-state index in [1.807, 2.05) is 62.0 Å². The third kappa shape index (κ3) is 9.82. The zero-order valence-electron chi connectivity index (χ0n) is 31.8. The van der Waals surface area contributed by atoms with E-state index in [1.165, 1.54) is 0 Å². The fraction of sp³-hybridized carbons (Fsp3) is 0.550. The van der Waals surface area contributed by atoms with Gasteiger partial charge in [-0.3, -0.25) is 4.79 Å². The number of amides is 2. The summed E-state index contributed by atoms with van der Waals surface area (Å²) >= 11 is 0. The molecule has 1 aromatic heterocycles. The Labute approximate surface area is 299 Å². The molecule has 0 bridgehead atoms. The minimum Gasteiger partial charge on any atom is -0.442 e. The van der Waals surface area contributed by atoms with Crippen molar-refractivity contribution in [3.05, 3.63) is 89.3 Å². The van der Waals surface area contributed by atoms with E-state index < -0.39 is 11.7 Å². The van der Waals surface area contributed by atoms with Crippen molar-refractivity contribution in [2.45, 2.75) is 106 Å². The van der Waals surface area contributed by atoms with Crippen molar-refractivity contribution in [1.29, 1.82) is 0 Å². The number of nitrogens with zero attached hydrogens (tertiary/aromatic N) is 5. The lowest BCUT2D eigenvalue weighted by Crippen LogP contribution is -2.48. The van der Waals surface area contributed by atoms with Crippen LogP contribution in [0.1, 0.15) is 103 Å². The Hall–Kier alpha value is -4.02. The summed E-state index contributed by atoms with van der Waals surface area (Å²) in [5, 5.41) is 15.4. The van der Waals surface area contributed by atoms with Crippen molar-refractivity contribution in [2.24, 2.45) is 17.8 Å². The molecule has 0 aliphatic carbocycles. The van der Waals surface area contributed by atoms with Crippen LogP contribution in [0.15, 0.2) is 66.9 Å². The number of ether oxygens (including phenoxy) is 2. The van der Waals surface area contributed by atoms with Gasteiger partial charge in [0.1, 0.15) is 5.60 Å². The molecule has 1 N–H and O–H groups in total. The molecule has 10 nitrogen and oxygen atoms in total. The number of hydrogen-bond acceptors (Lipinski definition) is 7. The van der Waals surface area contributed by atoms with Gasteiger partial charge in [-0.25, -0.2) is 14.5 Å². The normalized spacial score (nSPS) is 16.7. The first-order valence-corrected chi connectivity index (χ1v) is 18.0. The standard InChI is InChI=1S/C40H58N6O4/c1-11-29(4)30(5)40(9,10)36-27-44(43-42-36)22-24-49-23-21-41-37(47)33-19-17-32(18-20-33)35-25-34(28(2)3)45(26-31-15-13-12-14-16-31)46(35)38(48)50-39(6,7)8/h12-20,25,27-30,34H,11,21-24,26H2,1-10H3,(H,41,47). The average Bonchev–Trinajstić information content (AvgIpc) is 3.71. The van der Waals surface area contributed by atoms with E-state index >= 15 is 0 Å². The van der Waals surface area contributed by atoms with Crippen LogP contribution in [-0.2, 0) is 28.0 Å². The van der Waals surface area contributed by atoms with Gasteiger partial charge in [0.25, 0.3) is 5.91 Å². The van der Waals surface area contributed by atoms with Gasteiger partial charge in [0.15, 0.2) is 0 Å². The van der Waals surface area contributed by atoms with Crippen molar-refractivity contribution in [3.63, 3.8) is 0 Å². The van der Waals surface area contributed by atoms with Crippen LogP contribution in [0.5, 0.6) is 0 Å². The van der Waals surface area contributed by atoms with Crippen LogP contribution < -0.4 is 5.32 Å². The Morgan fingerprint density at radius 2 is 1.62 bits per heavy atom. The number of benzene rings is 2. The maximum atomic E-state index is 13.7. The third-order valence-electron chi connectivity index (χ3n) is 9.87. The van der Waals surface area contributed by atoms with Gasteiger partial charge in [-0.15, -0.1) is 5.10 Å². The molecular weight excluding hydrogens is 628 g/mol. The van der Waals surface area contributed by atoms with Crippen molar-refractivity contribution >= 4 is 17.7 Å². The third-order valence-corrected chi connectivity index (χ3v) is 9.87. The van der Waals surface area contributed by atoms with Crippen LogP contribution in [0.2, 0.25) is 0 Å². The van der Waals surface area contributed by atoms with Gasteiger partial charge >= 0.3 is 6.09 Å². The predicted molar refractivity (Wildman–Crippen MR) is 198 cm³/mol. The zero-order chi connectivity index (χ0) is 36.6. The first-order valence-electron chi connectivity index (χ1n) is 18.0. The Morgan fingerprint density at radius 3 is 2.24 bits per heavy atom. The second-order valence-corrected chi connectivity index (χ2v) is 15.4. The molecular formula is C40H58N6O4.